The Kier molecular flexibility index (Phi) is 9.24. The number of aromatic nitrogens is 4. The molecule has 0 aliphatic carbocycles. The molecule has 0 aliphatic rings. The highest BCUT2D eigenvalue weighted by Crippen LogP contribution is 2.23. The Morgan fingerprint density at radius 1 is 1.18 bits per heavy atom. The summed E-state index contributed by atoms with van der Waals surface area (Å²) in [5.74, 6) is -4.57. The Labute approximate surface area is 215 Å². The Bertz CT molecular complexity index is 1410. The van der Waals surface area contributed by atoms with Crippen molar-refractivity contribution in [2.45, 2.75) is 26.9 Å². The highest BCUT2D eigenvalue weighted by Gasteiger charge is 2.28. The minimum Gasteiger partial charge on any atom is -0.379 e. The van der Waals surface area contributed by atoms with Crippen LogP contribution in [0.15, 0.2) is 29.5 Å². The van der Waals surface area contributed by atoms with E-state index in [4.69, 9.17) is 10.3 Å². The largest absolute Gasteiger partial charge is 0.379 e. The lowest BCUT2D eigenvalue weighted by atomic mass is 10.0. The maximum Gasteiger partial charge on any atom is 0.292 e. The van der Waals surface area contributed by atoms with Gasteiger partial charge in [0, 0.05) is 36.0 Å². The van der Waals surface area contributed by atoms with Crippen LogP contribution in [-0.2, 0) is 29.7 Å². The maximum atomic E-state index is 13.5. The number of nitrogens with zero attached hydrogens (tertiary/aromatic N) is 7. The van der Waals surface area contributed by atoms with Crippen molar-refractivity contribution in [1.29, 1.82) is 0 Å². The lowest BCUT2D eigenvalue weighted by molar-refractivity contribution is -0.117. The Morgan fingerprint density at radius 3 is 2.66 bits per heavy atom. The molecule has 2 heterocycles. The molecule has 2 amide bonds. The van der Waals surface area contributed by atoms with Gasteiger partial charge in [0.1, 0.15) is 11.4 Å². The lowest BCUT2D eigenvalue weighted by Gasteiger charge is -2.08. The minimum absolute atomic E-state index is 0.0329. The second kappa shape index (κ2) is 12.6. The Balaban J connectivity index is 1.62. The first-order valence-corrected chi connectivity index (χ1v) is 11.4. The number of anilines is 1. The van der Waals surface area contributed by atoms with E-state index in [9.17, 15) is 23.2 Å². The predicted octanol–water partition coefficient (Wildman–Crippen LogP) is 2.59. The van der Waals surface area contributed by atoms with E-state index in [0.717, 1.165) is 12.1 Å². The van der Waals surface area contributed by atoms with Crippen LogP contribution in [0.3, 0.4) is 0 Å². The molecule has 13 nitrogen and oxygen atoms in total. The van der Waals surface area contributed by atoms with E-state index in [2.05, 4.69) is 31.0 Å². The van der Waals surface area contributed by atoms with Gasteiger partial charge in [-0.15, -0.1) is 5.10 Å². The van der Waals surface area contributed by atoms with Crippen LogP contribution in [0.4, 0.5) is 14.5 Å². The van der Waals surface area contributed by atoms with Crippen LogP contribution in [0.5, 0.6) is 0 Å². The number of benzene rings is 1. The third kappa shape index (κ3) is 6.57. The van der Waals surface area contributed by atoms with Crippen molar-refractivity contribution in [2.24, 2.45) is 12.2 Å². The van der Waals surface area contributed by atoms with Gasteiger partial charge in [-0.05, 0) is 37.1 Å². The number of amides is 2. The van der Waals surface area contributed by atoms with Crippen molar-refractivity contribution < 1.29 is 27.9 Å². The molecular weight excluding hydrogens is 504 g/mol. The fourth-order valence-corrected chi connectivity index (χ4v) is 3.70. The van der Waals surface area contributed by atoms with Crippen LogP contribution in [0.1, 0.15) is 37.8 Å². The first kappa shape index (κ1) is 28.0. The summed E-state index contributed by atoms with van der Waals surface area (Å²) in [7, 11) is 1.55. The molecule has 0 spiro atoms. The molecule has 200 valence electrons. The van der Waals surface area contributed by atoms with E-state index >= 15 is 0 Å². The molecule has 3 aromatic rings. The Morgan fingerprint density at radius 2 is 1.95 bits per heavy atom. The number of halogens is 2. The van der Waals surface area contributed by atoms with Gasteiger partial charge in [-0.25, -0.2) is 13.5 Å². The first-order valence-electron chi connectivity index (χ1n) is 11.4. The molecule has 38 heavy (non-hydrogen) atoms. The van der Waals surface area contributed by atoms with Crippen molar-refractivity contribution in [3.05, 3.63) is 74.7 Å². The van der Waals surface area contributed by atoms with Gasteiger partial charge in [0.15, 0.2) is 11.6 Å². The molecule has 0 fully saturated rings. The summed E-state index contributed by atoms with van der Waals surface area (Å²) in [6.07, 6.45) is 1.58. The second-order valence-corrected chi connectivity index (χ2v) is 8.13. The van der Waals surface area contributed by atoms with E-state index in [1.54, 1.807) is 20.2 Å². The van der Waals surface area contributed by atoms with Gasteiger partial charge in [0.25, 0.3) is 17.6 Å². The van der Waals surface area contributed by atoms with Gasteiger partial charge in [-0.1, -0.05) is 10.3 Å². The third-order valence-corrected chi connectivity index (χ3v) is 5.64. The average Bonchev–Trinajstić information content (AvgIpc) is 3.43. The van der Waals surface area contributed by atoms with E-state index in [1.165, 1.54) is 22.2 Å². The van der Waals surface area contributed by atoms with Crippen molar-refractivity contribution in [2.75, 3.05) is 25.1 Å². The van der Waals surface area contributed by atoms with Gasteiger partial charge >= 0.3 is 0 Å². The van der Waals surface area contributed by atoms with Crippen molar-refractivity contribution in [3.63, 3.8) is 0 Å². The topological polar surface area (TPSA) is 169 Å². The van der Waals surface area contributed by atoms with Crippen LogP contribution < -0.4 is 10.6 Å². The zero-order valence-corrected chi connectivity index (χ0v) is 20.9. The SMILES string of the molecule is Cc1c(C(=O)C(=O)NCc2cn(CCOCCN=[N+]=[N-])nn2)c(C)n(C)c1C(=O)Nc1ccc(F)c(F)c1. The number of ether oxygens (including phenoxy) is 1. The number of hydrogen-bond acceptors (Lipinski definition) is 7. The van der Waals surface area contributed by atoms with Crippen LogP contribution in [0.25, 0.3) is 10.4 Å². The standard InChI is InChI=1S/C23H25F2N9O4/c1-13-19(14(2)33(3)20(13)22(36)29-15-4-5-17(24)18(25)10-15)21(35)23(37)27-11-16-12-34(32-30-16)7-9-38-8-6-28-31-26/h4-5,10,12H,6-9,11H2,1-3H3,(H,27,37)(H,29,36). The highest BCUT2D eigenvalue weighted by atomic mass is 19.2. The third-order valence-electron chi connectivity index (χ3n) is 5.64. The van der Waals surface area contributed by atoms with Crippen LogP contribution in [0, 0.1) is 25.5 Å². The van der Waals surface area contributed by atoms with Gasteiger partial charge < -0.3 is 19.9 Å². The molecule has 0 unspecified atom stereocenters. The number of carbonyl (C=O) groups is 3. The summed E-state index contributed by atoms with van der Waals surface area (Å²) in [6, 6.07) is 2.93. The van der Waals surface area contributed by atoms with Gasteiger partial charge in [-0.2, -0.15) is 0 Å². The van der Waals surface area contributed by atoms with E-state index in [1.807, 2.05) is 0 Å². The molecule has 0 aliphatic heterocycles. The zero-order chi connectivity index (χ0) is 27.8. The van der Waals surface area contributed by atoms with Gasteiger partial charge in [0.05, 0.1) is 38.1 Å². The number of hydrogen-bond donors (Lipinski definition) is 2. The highest BCUT2D eigenvalue weighted by molar-refractivity contribution is 6.43. The predicted molar refractivity (Wildman–Crippen MR) is 130 cm³/mol. The monoisotopic (exact) mass is 529 g/mol. The maximum absolute atomic E-state index is 13.5. The summed E-state index contributed by atoms with van der Waals surface area (Å²) in [5, 5.41) is 16.2. The summed E-state index contributed by atoms with van der Waals surface area (Å²) < 4.78 is 34.9. The number of carbonyl (C=O) groups excluding carboxylic acids is 3. The fourth-order valence-electron chi connectivity index (χ4n) is 3.70. The smallest absolute Gasteiger partial charge is 0.292 e. The molecular formula is C23H25F2N9O4. The molecule has 2 N–H and O–H groups in total. The van der Waals surface area contributed by atoms with E-state index in [0.29, 0.717) is 24.5 Å². The van der Waals surface area contributed by atoms with Crippen LogP contribution in [-0.4, -0.2) is 56.9 Å². The Hall–Kier alpha value is -4.62. The van der Waals surface area contributed by atoms with Crippen LogP contribution in [0.2, 0.25) is 0 Å². The fraction of sp³-hybridized carbons (Fsp3) is 0.348. The summed E-state index contributed by atoms with van der Waals surface area (Å²) in [5.41, 5.74) is 9.44. The molecule has 3 rings (SSSR count). The second-order valence-electron chi connectivity index (χ2n) is 8.13. The summed E-state index contributed by atoms with van der Waals surface area (Å²) in [4.78, 5) is 41.1. The van der Waals surface area contributed by atoms with Crippen LogP contribution >= 0.6 is 0 Å². The van der Waals surface area contributed by atoms with Gasteiger partial charge in [-0.3, -0.25) is 14.4 Å². The number of nitrogens with one attached hydrogen (secondary N) is 2. The number of rotatable bonds is 12. The molecule has 0 radical (unpaired) electrons. The molecule has 0 atom stereocenters. The average molecular weight is 530 g/mol. The van der Waals surface area contributed by atoms with Gasteiger partial charge in [0.2, 0.25) is 0 Å². The molecule has 0 bridgehead atoms. The number of Topliss-reactive ketones (excluding diaryl/α,β-unsaturated/α-hetero) is 1. The molecule has 0 saturated heterocycles. The van der Waals surface area contributed by atoms with Crippen molar-refractivity contribution in [1.82, 2.24) is 24.9 Å². The normalized spacial score (nSPS) is 10.7. The molecule has 1 aromatic carbocycles. The van der Waals surface area contributed by atoms with Crippen molar-refractivity contribution >= 4 is 23.3 Å². The number of ketones is 1. The summed E-state index contributed by atoms with van der Waals surface area (Å²) >= 11 is 0. The lowest BCUT2D eigenvalue weighted by Crippen LogP contribution is -2.31. The molecule has 15 heteroatoms. The van der Waals surface area contributed by atoms with Crippen molar-refractivity contribution in [3.8, 4) is 0 Å². The first-order chi connectivity index (χ1) is 18.1. The zero-order valence-electron chi connectivity index (χ0n) is 20.9. The molecule has 2 aromatic heterocycles. The minimum atomic E-state index is -1.12. The van der Waals surface area contributed by atoms with E-state index < -0.39 is 29.2 Å². The molecule has 0 saturated carbocycles. The summed E-state index contributed by atoms with van der Waals surface area (Å²) in [6.45, 7) is 4.24. The van der Waals surface area contributed by atoms with E-state index in [-0.39, 0.29) is 42.2 Å². The number of azide groups is 1. The quantitative estimate of drug-likeness (QED) is 0.0912.